The third kappa shape index (κ3) is 2.04. The van der Waals surface area contributed by atoms with Crippen molar-refractivity contribution in [2.24, 2.45) is 0 Å². The van der Waals surface area contributed by atoms with E-state index in [2.05, 4.69) is 23.7 Å². The van der Waals surface area contributed by atoms with Crippen molar-refractivity contribution < 1.29 is 3.10 Å². The average molecular weight is 328 g/mol. The molecule has 0 radical (unpaired) electrons. The van der Waals surface area contributed by atoms with Gasteiger partial charge in [-0.25, -0.2) is 0 Å². The molecule has 1 rings (SSSR count). The van der Waals surface area contributed by atoms with Crippen LogP contribution in [0.1, 0.15) is 6.42 Å². The molecule has 1 heterocycles. The zero-order chi connectivity index (χ0) is 5.33. The van der Waals surface area contributed by atoms with Crippen LogP contribution in [0.5, 0.6) is 0 Å². The van der Waals surface area contributed by atoms with E-state index in [1.165, 1.54) is 10.9 Å². The van der Waals surface area contributed by atoms with E-state index in [0.29, 0.717) is 0 Å². The first-order chi connectivity index (χ1) is 3.21. The first-order valence-electron chi connectivity index (χ1n) is 2.31. The van der Waals surface area contributed by atoms with Gasteiger partial charge < -0.3 is 0 Å². The van der Waals surface area contributed by atoms with Crippen LogP contribution in [0.25, 0.3) is 0 Å². The van der Waals surface area contributed by atoms with Crippen LogP contribution in [-0.2, 0) is 3.10 Å². The van der Waals surface area contributed by atoms with E-state index in [1.54, 1.807) is 0 Å². The van der Waals surface area contributed by atoms with Gasteiger partial charge in [-0.15, -0.1) is 0 Å². The maximum atomic E-state index is 5.52. The van der Waals surface area contributed by atoms with Gasteiger partial charge in [-0.1, -0.05) is 0 Å². The minimum atomic E-state index is -1.52. The maximum absolute atomic E-state index is 5.52. The van der Waals surface area contributed by atoms with Crippen molar-refractivity contribution >= 4 is 33.3 Å². The molecule has 0 aliphatic carbocycles. The molecule has 0 spiro atoms. The Morgan fingerprint density at radius 2 is 2.43 bits per heavy atom. The molecule has 0 aromatic heterocycles. The molecular weight excluding hydrogens is 319 g/mol. The Labute approximate surface area is 58.4 Å². The van der Waals surface area contributed by atoms with Crippen LogP contribution in [0.4, 0.5) is 0 Å². The van der Waals surface area contributed by atoms with Crippen molar-refractivity contribution in [2.75, 3.05) is 6.61 Å². The average Bonchev–Trinajstić information content (AvgIpc) is 1.84. The van der Waals surface area contributed by atoms with Gasteiger partial charge in [-0.05, 0) is 0 Å². The molecule has 0 aromatic rings. The Morgan fingerprint density at radius 3 is 2.57 bits per heavy atom. The topological polar surface area (TPSA) is 9.23 Å². The van der Waals surface area contributed by atoms with Crippen molar-refractivity contribution in [2.45, 2.75) is 15.9 Å². The Bertz CT molecular complexity index is 66.1. The number of hydrogen-bond acceptors (Lipinski definition) is 1. The Balaban J connectivity index is 2.40. The summed E-state index contributed by atoms with van der Waals surface area (Å²) in [5.41, 5.74) is 0. The third-order valence-corrected chi connectivity index (χ3v) is 10.4. The molecule has 0 aromatic carbocycles. The van der Waals surface area contributed by atoms with Crippen LogP contribution < -0.4 is 0 Å². The molecule has 1 saturated heterocycles. The van der Waals surface area contributed by atoms with Gasteiger partial charge in [-0.2, -0.15) is 0 Å². The van der Waals surface area contributed by atoms with Crippen molar-refractivity contribution in [3.05, 3.63) is 0 Å². The van der Waals surface area contributed by atoms with Crippen LogP contribution in [-0.4, -0.2) is 21.3 Å². The predicted octanol–water partition coefficient (Wildman–Crippen LogP) is 1.91. The fourth-order valence-electron chi connectivity index (χ4n) is 0.608. The van der Waals surface area contributed by atoms with Gasteiger partial charge in [0.2, 0.25) is 0 Å². The molecular formula is C4H9IOTe. The molecule has 0 amide bonds. The van der Waals surface area contributed by atoms with E-state index in [4.69, 9.17) is 3.10 Å². The van der Waals surface area contributed by atoms with E-state index < -0.39 is 14.6 Å². The molecule has 7 heavy (non-hydrogen) atoms. The van der Waals surface area contributed by atoms with Crippen LogP contribution in [0.2, 0.25) is 9.44 Å². The molecule has 1 nitrogen and oxygen atoms in total. The monoisotopic (exact) mass is 330 g/mol. The third-order valence-electron chi connectivity index (χ3n) is 0.982. The van der Waals surface area contributed by atoms with E-state index in [-0.39, 0.29) is 0 Å². The summed E-state index contributed by atoms with van der Waals surface area (Å²) >= 11 is 1.01. The summed E-state index contributed by atoms with van der Waals surface area (Å²) in [6.07, 6.45) is 1.32. The first-order valence-corrected chi connectivity index (χ1v) is 14.0. The van der Waals surface area contributed by atoms with Crippen molar-refractivity contribution in [3.63, 3.8) is 0 Å². The predicted molar refractivity (Wildman–Crippen MR) is 41.0 cm³/mol. The molecule has 1 unspecified atom stereocenters. The summed E-state index contributed by atoms with van der Waals surface area (Å²) < 4.78 is 6.92. The second kappa shape index (κ2) is 2.38. The molecule has 0 N–H and O–H groups in total. The normalized spacial score (nSPS) is 51.1. The second-order valence-electron chi connectivity index (χ2n) is 1.78. The summed E-state index contributed by atoms with van der Waals surface area (Å²) in [4.78, 5) is 2.32. The number of hydrogen-bond donors (Lipinski definition) is 0. The first kappa shape index (κ1) is 6.60. The number of rotatable bonds is 0. The van der Waals surface area contributed by atoms with Crippen LogP contribution in [0.3, 0.4) is 0 Å². The van der Waals surface area contributed by atoms with Gasteiger partial charge in [0.15, 0.2) is 0 Å². The van der Waals surface area contributed by atoms with Crippen molar-refractivity contribution in [1.82, 2.24) is 0 Å². The molecule has 1 fully saturated rings. The second-order valence-corrected chi connectivity index (χ2v) is 21.3. The molecule has 1 aliphatic rings. The van der Waals surface area contributed by atoms with E-state index in [9.17, 15) is 0 Å². The molecule has 1 atom stereocenters. The van der Waals surface area contributed by atoms with E-state index in [1.807, 2.05) is 0 Å². The summed E-state index contributed by atoms with van der Waals surface area (Å²) in [5.74, 6) is 0. The quantitative estimate of drug-likeness (QED) is 0.488. The fraction of sp³-hybridized carbons (Fsp3) is 1.00. The van der Waals surface area contributed by atoms with Gasteiger partial charge in [-0.3, -0.25) is 0 Å². The van der Waals surface area contributed by atoms with E-state index in [0.717, 1.165) is 6.61 Å². The van der Waals surface area contributed by atoms with Crippen LogP contribution >= 0.6 is 18.7 Å². The molecule has 0 saturated carbocycles. The van der Waals surface area contributed by atoms with Crippen molar-refractivity contribution in [3.8, 4) is 0 Å². The zero-order valence-corrected chi connectivity index (χ0v) is 8.80. The molecule has 0 bridgehead atoms. The minimum absolute atomic E-state index is 1.04. The van der Waals surface area contributed by atoms with E-state index >= 15 is 0 Å². The summed E-state index contributed by atoms with van der Waals surface area (Å²) in [5, 5.41) is 0. The Morgan fingerprint density at radius 1 is 1.71 bits per heavy atom. The van der Waals surface area contributed by atoms with Crippen molar-refractivity contribution in [1.29, 1.82) is 0 Å². The van der Waals surface area contributed by atoms with Crippen LogP contribution in [0.15, 0.2) is 0 Å². The summed E-state index contributed by atoms with van der Waals surface area (Å²) in [6.45, 7) is 1.04. The van der Waals surface area contributed by atoms with Gasteiger partial charge in [0, 0.05) is 0 Å². The Kier molecular flexibility index (Phi) is 2.25. The molecule has 1 aliphatic heterocycles. The molecule has 3 heteroatoms. The Hall–Kier alpha value is 1.48. The zero-order valence-electron chi connectivity index (χ0n) is 4.32. The van der Waals surface area contributed by atoms with Gasteiger partial charge in [0.25, 0.3) is 0 Å². The molecule has 44 valence electrons. The SMILES string of the molecule is C[Te]1(I)CCCO1. The fourth-order valence-corrected chi connectivity index (χ4v) is 7.38. The summed E-state index contributed by atoms with van der Waals surface area (Å²) in [7, 11) is 0. The summed E-state index contributed by atoms with van der Waals surface area (Å²) in [6, 6.07) is 0. The van der Waals surface area contributed by atoms with Gasteiger partial charge >= 0.3 is 58.9 Å². The number of halogens is 1. The standard InChI is InChI=1S/C4H9IOTe/c1-7(5)4-2-3-6-7/h2-4H2,1H3. The van der Waals surface area contributed by atoms with Gasteiger partial charge in [0.05, 0.1) is 0 Å². The van der Waals surface area contributed by atoms with Gasteiger partial charge in [0.1, 0.15) is 0 Å². The van der Waals surface area contributed by atoms with Crippen LogP contribution in [0, 0.1) is 0 Å².